The Morgan fingerprint density at radius 1 is 1.42 bits per heavy atom. The number of nitrogens with one attached hydrogen (secondary N) is 1. The number of rotatable bonds is 7. The summed E-state index contributed by atoms with van der Waals surface area (Å²) in [5.74, 6) is -0.346. The molecule has 0 aromatic rings. The van der Waals surface area contributed by atoms with Gasteiger partial charge in [-0.05, 0) is 50.8 Å². The molecule has 0 heterocycles. The first-order chi connectivity index (χ1) is 8.99. The van der Waals surface area contributed by atoms with Gasteiger partial charge in [-0.15, -0.1) is 0 Å². The number of allylic oxidation sites excluding steroid dienone is 2. The summed E-state index contributed by atoms with van der Waals surface area (Å²) in [6.45, 7) is 1.56. The number of hydrogen-bond donors (Lipinski definition) is 4. The van der Waals surface area contributed by atoms with Crippen molar-refractivity contribution in [1.82, 2.24) is 5.32 Å². The van der Waals surface area contributed by atoms with Crippen LogP contribution >= 0.6 is 8.38 Å². The Hall–Kier alpha value is -0.900. The molecular formula is C13H22NO4P. The fraction of sp³-hybridized carbons (Fsp3) is 0.615. The van der Waals surface area contributed by atoms with Crippen LogP contribution in [0.5, 0.6) is 0 Å². The van der Waals surface area contributed by atoms with Gasteiger partial charge in [0.1, 0.15) is 0 Å². The van der Waals surface area contributed by atoms with E-state index in [9.17, 15) is 4.79 Å². The second kappa shape index (κ2) is 8.31. The zero-order valence-corrected chi connectivity index (χ0v) is 12.0. The molecule has 0 aliphatic heterocycles. The average molecular weight is 287 g/mol. The highest BCUT2D eigenvalue weighted by Gasteiger charge is 2.23. The minimum Gasteiger partial charge on any atom is -0.478 e. The highest BCUT2D eigenvalue weighted by atomic mass is 31.2. The third-order valence-corrected chi connectivity index (χ3v) is 4.05. The molecule has 0 saturated heterocycles. The topological polar surface area (TPSA) is 89.8 Å². The summed E-state index contributed by atoms with van der Waals surface area (Å²) in [6, 6.07) is 0.406. The smallest absolute Gasteiger partial charge is 0.331 e. The van der Waals surface area contributed by atoms with Crippen molar-refractivity contribution in [3.63, 3.8) is 0 Å². The van der Waals surface area contributed by atoms with Crippen molar-refractivity contribution >= 4 is 14.3 Å². The van der Waals surface area contributed by atoms with E-state index in [1.54, 1.807) is 25.3 Å². The van der Waals surface area contributed by atoms with Crippen molar-refractivity contribution < 1.29 is 19.7 Å². The molecule has 6 heteroatoms. The van der Waals surface area contributed by atoms with Crippen molar-refractivity contribution in [2.75, 3.05) is 6.16 Å². The molecule has 1 saturated carbocycles. The quantitative estimate of drug-likeness (QED) is 0.326. The van der Waals surface area contributed by atoms with Crippen molar-refractivity contribution in [3.8, 4) is 0 Å². The lowest BCUT2D eigenvalue weighted by Crippen LogP contribution is -2.20. The Kier molecular flexibility index (Phi) is 7.06. The van der Waals surface area contributed by atoms with Crippen LogP contribution in [0.25, 0.3) is 0 Å². The van der Waals surface area contributed by atoms with Gasteiger partial charge < -0.3 is 20.2 Å². The molecular weight excluding hydrogens is 265 g/mol. The van der Waals surface area contributed by atoms with E-state index in [2.05, 4.69) is 5.32 Å². The Morgan fingerprint density at radius 2 is 2.16 bits per heavy atom. The molecule has 4 N–H and O–H groups in total. The number of hydrogen-bond acceptors (Lipinski definition) is 4. The minimum atomic E-state index is -1.76. The monoisotopic (exact) mass is 287 g/mol. The Bertz CT molecular complexity index is 355. The summed E-state index contributed by atoms with van der Waals surface area (Å²) < 4.78 is 0. The number of carbonyl (C=O) groups is 1. The van der Waals surface area contributed by atoms with Gasteiger partial charge in [-0.25, -0.2) is 4.79 Å². The van der Waals surface area contributed by atoms with Crippen LogP contribution in [0, 0.1) is 5.92 Å². The zero-order valence-electron chi connectivity index (χ0n) is 11.1. The van der Waals surface area contributed by atoms with E-state index < -0.39 is 14.3 Å². The standard InChI is InChI=1S/C13H22NO4P/c1-10(13(15)16)3-2-7-14-12-5-4-11(9-12)6-8-19(17)18/h2-3,7,11-12,14,17-18H,4-6,8-9H2,1H3,(H,15,16)/b7-2-,10-3+. The molecule has 0 bridgehead atoms. The van der Waals surface area contributed by atoms with Crippen LogP contribution in [-0.2, 0) is 4.79 Å². The molecule has 108 valence electrons. The number of aliphatic carboxylic acids is 1. The van der Waals surface area contributed by atoms with Crippen molar-refractivity contribution in [2.45, 2.75) is 38.6 Å². The predicted molar refractivity (Wildman–Crippen MR) is 75.6 cm³/mol. The Labute approximate surface area is 115 Å². The Balaban J connectivity index is 2.23. The average Bonchev–Trinajstić information content (AvgIpc) is 2.79. The van der Waals surface area contributed by atoms with Crippen molar-refractivity contribution in [3.05, 3.63) is 23.9 Å². The van der Waals surface area contributed by atoms with Gasteiger partial charge in [-0.3, -0.25) is 0 Å². The van der Waals surface area contributed by atoms with Crippen LogP contribution in [-0.4, -0.2) is 33.1 Å². The van der Waals surface area contributed by atoms with E-state index >= 15 is 0 Å². The molecule has 2 unspecified atom stereocenters. The van der Waals surface area contributed by atoms with Gasteiger partial charge in [-0.2, -0.15) is 0 Å². The first-order valence-electron chi connectivity index (χ1n) is 6.47. The first-order valence-corrected chi connectivity index (χ1v) is 7.90. The normalized spacial score (nSPS) is 24.3. The van der Waals surface area contributed by atoms with Gasteiger partial charge in [0.15, 0.2) is 8.38 Å². The third kappa shape index (κ3) is 6.71. The predicted octanol–water partition coefficient (Wildman–Crippen LogP) is 1.98. The summed E-state index contributed by atoms with van der Waals surface area (Å²) in [7, 11) is -1.76. The fourth-order valence-corrected chi connectivity index (χ4v) is 2.84. The van der Waals surface area contributed by atoms with E-state index in [0.29, 0.717) is 23.7 Å². The van der Waals surface area contributed by atoms with Gasteiger partial charge in [-0.1, -0.05) is 6.08 Å². The van der Waals surface area contributed by atoms with Gasteiger partial charge in [0.2, 0.25) is 0 Å². The van der Waals surface area contributed by atoms with Gasteiger partial charge in [0.25, 0.3) is 0 Å². The van der Waals surface area contributed by atoms with E-state index in [1.807, 2.05) is 0 Å². The highest BCUT2D eigenvalue weighted by Crippen LogP contribution is 2.33. The van der Waals surface area contributed by atoms with Gasteiger partial charge >= 0.3 is 5.97 Å². The SMILES string of the molecule is C/C(=C\C=C/NC1CCC(CCP(O)O)C1)C(=O)O. The van der Waals surface area contributed by atoms with Crippen molar-refractivity contribution in [2.24, 2.45) is 5.92 Å². The van der Waals surface area contributed by atoms with Crippen molar-refractivity contribution in [1.29, 1.82) is 0 Å². The lowest BCUT2D eigenvalue weighted by Gasteiger charge is -2.11. The van der Waals surface area contributed by atoms with E-state index in [4.69, 9.17) is 14.9 Å². The number of carboxylic acids is 1. The molecule has 19 heavy (non-hydrogen) atoms. The lowest BCUT2D eigenvalue weighted by molar-refractivity contribution is -0.132. The van der Waals surface area contributed by atoms with Crippen LogP contribution in [0.15, 0.2) is 23.9 Å². The third-order valence-electron chi connectivity index (χ3n) is 3.39. The van der Waals surface area contributed by atoms with Crippen LogP contribution < -0.4 is 5.32 Å². The largest absolute Gasteiger partial charge is 0.478 e. The molecule has 0 spiro atoms. The number of carboxylic acid groups (broad SMARTS) is 1. The van der Waals surface area contributed by atoms with E-state index in [-0.39, 0.29) is 0 Å². The summed E-state index contributed by atoms with van der Waals surface area (Å²) in [4.78, 5) is 28.3. The molecule has 0 aromatic carbocycles. The maximum absolute atomic E-state index is 10.6. The minimum absolute atomic E-state index is 0.307. The summed E-state index contributed by atoms with van der Waals surface area (Å²) >= 11 is 0. The molecule has 1 fully saturated rings. The molecule has 5 nitrogen and oxygen atoms in total. The van der Waals surface area contributed by atoms with Crippen LogP contribution in [0.4, 0.5) is 0 Å². The molecule has 0 radical (unpaired) electrons. The van der Waals surface area contributed by atoms with Gasteiger partial charge in [0.05, 0.1) is 0 Å². The van der Waals surface area contributed by atoms with Gasteiger partial charge in [0, 0.05) is 17.8 Å². The zero-order chi connectivity index (χ0) is 14.3. The molecule has 1 rings (SSSR count). The highest BCUT2D eigenvalue weighted by molar-refractivity contribution is 7.45. The Morgan fingerprint density at radius 3 is 2.79 bits per heavy atom. The molecule has 2 atom stereocenters. The molecule has 0 aromatic heterocycles. The summed E-state index contributed by atoms with van der Waals surface area (Å²) in [6.07, 6.45) is 9.65. The summed E-state index contributed by atoms with van der Waals surface area (Å²) in [5.41, 5.74) is 0.307. The van der Waals surface area contributed by atoms with Crippen LogP contribution in [0.1, 0.15) is 32.6 Å². The maximum atomic E-state index is 10.6. The lowest BCUT2D eigenvalue weighted by atomic mass is 10.1. The summed E-state index contributed by atoms with van der Waals surface area (Å²) in [5, 5.41) is 11.9. The molecule has 1 aliphatic rings. The first kappa shape index (κ1) is 16.2. The van der Waals surface area contributed by atoms with E-state index in [1.165, 1.54) is 0 Å². The molecule has 1 aliphatic carbocycles. The van der Waals surface area contributed by atoms with Crippen LogP contribution in [0.2, 0.25) is 0 Å². The maximum Gasteiger partial charge on any atom is 0.331 e. The van der Waals surface area contributed by atoms with E-state index in [0.717, 1.165) is 25.7 Å². The second-order valence-electron chi connectivity index (χ2n) is 4.94. The van der Waals surface area contributed by atoms with Crippen LogP contribution in [0.3, 0.4) is 0 Å². The second-order valence-corrected chi connectivity index (χ2v) is 6.13. The molecule has 0 amide bonds. The fourth-order valence-electron chi connectivity index (χ4n) is 2.24.